The van der Waals surface area contributed by atoms with Gasteiger partial charge in [0.15, 0.2) is 0 Å². The predicted molar refractivity (Wildman–Crippen MR) is 161 cm³/mol. The molecule has 4 nitrogen and oxygen atoms in total. The van der Waals surface area contributed by atoms with Gasteiger partial charge in [0.25, 0.3) is 0 Å². The van der Waals surface area contributed by atoms with Crippen LogP contribution in [0.1, 0.15) is 92.2 Å². The van der Waals surface area contributed by atoms with Crippen molar-refractivity contribution in [3.8, 4) is 0 Å². The van der Waals surface area contributed by atoms with Crippen LogP contribution >= 0.6 is 0 Å². The highest BCUT2D eigenvalue weighted by Gasteiger charge is 2.28. The zero-order valence-corrected chi connectivity index (χ0v) is 25.4. The Balaban J connectivity index is 0.000000780. The molecule has 6 heteroatoms. The number of hydrogen-bond acceptors (Lipinski definition) is 3. The average Bonchev–Trinajstić information content (AvgIpc) is 2.89. The van der Waals surface area contributed by atoms with Gasteiger partial charge in [0.05, 0.1) is 0 Å². The first kappa shape index (κ1) is 35.4. The predicted octanol–water partition coefficient (Wildman–Crippen LogP) is 8.65. The highest BCUT2D eigenvalue weighted by atomic mass is 19.1. The van der Waals surface area contributed by atoms with E-state index in [4.69, 9.17) is 0 Å². The molecule has 2 rings (SSSR count). The molecular weight excluding hydrogens is 480 g/mol. The Morgan fingerprint density at radius 2 is 1.84 bits per heavy atom. The molecule has 1 fully saturated rings. The third-order valence-electron chi connectivity index (χ3n) is 6.54. The first-order valence-electron chi connectivity index (χ1n) is 13.9. The molecule has 0 heterocycles. The molecule has 214 valence electrons. The van der Waals surface area contributed by atoms with Crippen LogP contribution in [0.2, 0.25) is 0 Å². The first-order chi connectivity index (χ1) is 18.0. The smallest absolute Gasteiger partial charge is 0.223 e. The number of rotatable bonds is 8. The minimum Gasteiger partial charge on any atom is -0.315 e. The van der Waals surface area contributed by atoms with Crippen molar-refractivity contribution in [2.24, 2.45) is 10.9 Å². The van der Waals surface area contributed by atoms with Crippen LogP contribution in [0, 0.1) is 18.7 Å². The van der Waals surface area contributed by atoms with Crippen molar-refractivity contribution in [2.45, 2.75) is 107 Å². The van der Waals surface area contributed by atoms with E-state index in [0.29, 0.717) is 29.2 Å². The average molecular weight is 532 g/mol. The summed E-state index contributed by atoms with van der Waals surface area (Å²) in [5, 5.41) is 3.15. The molecule has 1 aliphatic rings. The number of aryl methyl sites for hydroxylation is 1. The van der Waals surface area contributed by atoms with E-state index < -0.39 is 6.17 Å². The molecule has 1 N–H and O–H groups in total. The van der Waals surface area contributed by atoms with Gasteiger partial charge in [-0.1, -0.05) is 52.0 Å². The highest BCUT2D eigenvalue weighted by Crippen LogP contribution is 2.28. The van der Waals surface area contributed by atoms with Gasteiger partial charge in [0.2, 0.25) is 5.91 Å². The van der Waals surface area contributed by atoms with E-state index in [1.54, 1.807) is 20.0 Å². The molecule has 0 saturated heterocycles. The molecule has 1 aromatic carbocycles. The Kier molecular flexibility index (Phi) is 18.1. The summed E-state index contributed by atoms with van der Waals surface area (Å²) in [5.74, 6) is -0.0195. The number of amides is 1. The summed E-state index contributed by atoms with van der Waals surface area (Å²) < 4.78 is 28.2. The van der Waals surface area contributed by atoms with E-state index in [2.05, 4.69) is 30.2 Å². The molecular formula is C32H51F2N3O. The Morgan fingerprint density at radius 3 is 2.37 bits per heavy atom. The van der Waals surface area contributed by atoms with Crippen LogP contribution in [-0.4, -0.2) is 30.9 Å². The normalized spacial score (nSPS) is 20.1. The number of hydrogen-bond donors (Lipinski definition) is 1. The lowest BCUT2D eigenvalue weighted by Crippen LogP contribution is -2.41. The lowest BCUT2D eigenvalue weighted by Gasteiger charge is -2.30. The summed E-state index contributed by atoms with van der Waals surface area (Å²) in [5.41, 5.74) is 4.24. The lowest BCUT2D eigenvalue weighted by molar-refractivity contribution is -0.116. The van der Waals surface area contributed by atoms with Crippen molar-refractivity contribution < 1.29 is 13.6 Å². The topological polar surface area (TPSA) is 44.7 Å². The van der Waals surface area contributed by atoms with Crippen LogP contribution in [0.4, 0.5) is 14.5 Å². The van der Waals surface area contributed by atoms with Crippen molar-refractivity contribution in [3.63, 3.8) is 0 Å². The summed E-state index contributed by atoms with van der Waals surface area (Å²) in [6, 6.07) is 2.89. The molecule has 3 atom stereocenters. The molecule has 38 heavy (non-hydrogen) atoms. The molecule has 1 amide bonds. The standard InChI is InChI=1S/C18H26F2N2O.C12H19N.C2H6/c1-11-5-6-17(16(20)7-11)21-10-14-9-18(22(4)13(3)23)12(2)8-15(14)19;1-5-8-9-12(7-3)11(4)13-10-6-2;1-2/h8-9,11,16-17,21H,5-7,10H2,1-4H3;5-6,8-10H,7H2,1-4H3;1-2H3/b;8-5-,10-6-,12-9-,13-11+;/t11-,16+,17-;;/m1../s1. The summed E-state index contributed by atoms with van der Waals surface area (Å²) >= 11 is 0. The largest absolute Gasteiger partial charge is 0.315 e. The number of nitrogens with one attached hydrogen (secondary N) is 1. The van der Waals surface area contributed by atoms with Crippen LogP contribution in [0.3, 0.4) is 0 Å². The molecule has 0 radical (unpaired) electrons. The van der Waals surface area contributed by atoms with E-state index in [9.17, 15) is 13.6 Å². The maximum atomic E-state index is 14.2. The maximum absolute atomic E-state index is 14.2. The van der Waals surface area contributed by atoms with Crippen molar-refractivity contribution in [3.05, 3.63) is 65.2 Å². The summed E-state index contributed by atoms with van der Waals surface area (Å²) in [7, 11) is 1.67. The van der Waals surface area contributed by atoms with E-state index in [1.807, 2.05) is 59.0 Å². The third kappa shape index (κ3) is 12.3. The number of benzene rings is 1. The summed E-state index contributed by atoms with van der Waals surface area (Å²) in [6.07, 6.45) is 12.4. The number of anilines is 1. The van der Waals surface area contributed by atoms with Gasteiger partial charge in [-0.3, -0.25) is 9.79 Å². The quantitative estimate of drug-likeness (QED) is 0.269. The molecule has 0 aliphatic heterocycles. The zero-order chi connectivity index (χ0) is 29.3. The SMILES string of the molecule is CC.CC(=O)N(C)c1cc(CN[C@@H]2CC[C@@H](C)C[C@@H]2F)c(F)cc1C.C\C=C/C=C(CC)\C(C)=N\C=C/C. The molecule has 0 aromatic heterocycles. The second-order valence-corrected chi connectivity index (χ2v) is 9.50. The Labute approximate surface area is 231 Å². The monoisotopic (exact) mass is 531 g/mol. The van der Waals surface area contributed by atoms with Gasteiger partial charge < -0.3 is 10.2 Å². The van der Waals surface area contributed by atoms with Crippen LogP contribution in [0.25, 0.3) is 0 Å². The van der Waals surface area contributed by atoms with Crippen molar-refractivity contribution >= 4 is 17.3 Å². The van der Waals surface area contributed by atoms with Gasteiger partial charge in [0.1, 0.15) is 12.0 Å². The fourth-order valence-corrected chi connectivity index (χ4v) is 4.13. The van der Waals surface area contributed by atoms with Gasteiger partial charge in [-0.05, 0) is 82.6 Å². The van der Waals surface area contributed by atoms with Crippen molar-refractivity contribution in [1.29, 1.82) is 0 Å². The van der Waals surface area contributed by atoms with Gasteiger partial charge in [-0.25, -0.2) is 8.78 Å². The van der Waals surface area contributed by atoms with Crippen molar-refractivity contribution in [2.75, 3.05) is 11.9 Å². The molecule has 0 unspecified atom stereocenters. The number of nitrogens with zero attached hydrogens (tertiary/aromatic N) is 2. The number of alkyl halides is 1. The van der Waals surface area contributed by atoms with Gasteiger partial charge in [-0.15, -0.1) is 0 Å². The second-order valence-electron chi connectivity index (χ2n) is 9.50. The minimum atomic E-state index is -0.883. The number of halogens is 2. The number of allylic oxidation sites excluding steroid dienone is 5. The third-order valence-corrected chi connectivity index (χ3v) is 6.54. The van der Waals surface area contributed by atoms with Crippen LogP contribution in [-0.2, 0) is 11.3 Å². The maximum Gasteiger partial charge on any atom is 0.223 e. The molecule has 1 aliphatic carbocycles. The Morgan fingerprint density at radius 1 is 1.18 bits per heavy atom. The van der Waals surface area contributed by atoms with Crippen molar-refractivity contribution in [1.82, 2.24) is 5.32 Å². The number of aliphatic imine (C=N–C) groups is 1. The molecule has 0 bridgehead atoms. The first-order valence-corrected chi connectivity index (χ1v) is 13.9. The Bertz CT molecular complexity index is 966. The van der Waals surface area contributed by atoms with E-state index >= 15 is 0 Å². The van der Waals surface area contributed by atoms with Crippen LogP contribution in [0.5, 0.6) is 0 Å². The molecule has 1 saturated carbocycles. The highest BCUT2D eigenvalue weighted by molar-refractivity contribution is 5.98. The number of carbonyl (C=O) groups is 1. The Hall–Kier alpha value is -2.60. The minimum absolute atomic E-state index is 0.108. The second kappa shape index (κ2) is 19.5. The van der Waals surface area contributed by atoms with Crippen LogP contribution < -0.4 is 10.2 Å². The van der Waals surface area contributed by atoms with E-state index in [1.165, 1.54) is 23.5 Å². The fraction of sp³-hybridized carbons (Fsp3) is 0.562. The lowest BCUT2D eigenvalue weighted by atomic mass is 9.86. The molecule has 0 spiro atoms. The number of carbonyl (C=O) groups excluding carboxylic acids is 1. The summed E-state index contributed by atoms with van der Waals surface area (Å²) in [6.45, 7) is 17.7. The van der Waals surface area contributed by atoms with Gasteiger partial charge in [0, 0.05) is 49.7 Å². The molecule has 1 aromatic rings. The zero-order valence-electron chi connectivity index (χ0n) is 25.4. The summed E-state index contributed by atoms with van der Waals surface area (Å²) in [4.78, 5) is 17.3. The van der Waals surface area contributed by atoms with Crippen LogP contribution in [0.15, 0.2) is 53.2 Å². The van der Waals surface area contributed by atoms with Gasteiger partial charge in [-0.2, -0.15) is 0 Å². The van der Waals surface area contributed by atoms with E-state index in [0.717, 1.165) is 25.0 Å². The fourth-order valence-electron chi connectivity index (χ4n) is 4.13. The van der Waals surface area contributed by atoms with E-state index in [-0.39, 0.29) is 24.3 Å². The van der Waals surface area contributed by atoms with Gasteiger partial charge >= 0.3 is 0 Å².